The van der Waals surface area contributed by atoms with Gasteiger partial charge in [0.05, 0.1) is 18.9 Å². The highest BCUT2D eigenvalue weighted by Crippen LogP contribution is 2.25. The third-order valence-corrected chi connectivity index (χ3v) is 4.25. The van der Waals surface area contributed by atoms with Crippen LogP contribution in [0.5, 0.6) is 11.5 Å². The summed E-state index contributed by atoms with van der Waals surface area (Å²) in [6, 6.07) is 25.0. The number of ether oxygens (including phenoxy) is 2. The molecule has 0 aromatic heterocycles. The number of anilines is 1. The number of hydrogen-bond donors (Lipinski definition) is 1. The van der Waals surface area contributed by atoms with Gasteiger partial charge in [0.2, 0.25) is 0 Å². The highest BCUT2D eigenvalue weighted by molar-refractivity contribution is 6.05. The fraction of sp³-hybridized carbons (Fsp3) is 0.208. The maximum atomic E-state index is 12.6. The number of benzene rings is 3. The molecule has 0 aliphatic heterocycles. The third-order valence-electron chi connectivity index (χ3n) is 4.25. The monoisotopic (exact) mass is 375 g/mol. The van der Waals surface area contributed by atoms with E-state index < -0.39 is 0 Å². The molecule has 0 bridgehead atoms. The number of para-hydroxylation sites is 2. The second kappa shape index (κ2) is 10.2. The van der Waals surface area contributed by atoms with Crippen LogP contribution in [0.15, 0.2) is 78.9 Å². The van der Waals surface area contributed by atoms with E-state index in [1.807, 2.05) is 61.5 Å². The Kier molecular flexibility index (Phi) is 7.08. The molecule has 4 heteroatoms. The Balaban J connectivity index is 1.58. The van der Waals surface area contributed by atoms with Crippen molar-refractivity contribution in [2.45, 2.75) is 19.8 Å². The van der Waals surface area contributed by atoms with Gasteiger partial charge in [-0.3, -0.25) is 4.79 Å². The van der Waals surface area contributed by atoms with Crippen molar-refractivity contribution in [3.05, 3.63) is 90.0 Å². The lowest BCUT2D eigenvalue weighted by Crippen LogP contribution is -2.13. The Morgan fingerprint density at radius 2 is 1.68 bits per heavy atom. The van der Waals surface area contributed by atoms with Gasteiger partial charge in [0, 0.05) is 5.56 Å². The van der Waals surface area contributed by atoms with E-state index in [2.05, 4.69) is 17.4 Å². The normalized spacial score (nSPS) is 10.3. The summed E-state index contributed by atoms with van der Waals surface area (Å²) in [6.45, 7) is 3.06. The van der Waals surface area contributed by atoms with Crippen molar-refractivity contribution in [1.82, 2.24) is 0 Å². The Morgan fingerprint density at radius 3 is 2.50 bits per heavy atom. The molecule has 0 saturated heterocycles. The first kappa shape index (κ1) is 19.5. The summed E-state index contributed by atoms with van der Waals surface area (Å²) < 4.78 is 11.4. The zero-order valence-electron chi connectivity index (χ0n) is 16.1. The number of amides is 1. The van der Waals surface area contributed by atoms with Crippen LogP contribution in [0.4, 0.5) is 5.69 Å². The van der Waals surface area contributed by atoms with Crippen LogP contribution in [-0.2, 0) is 6.42 Å². The fourth-order valence-corrected chi connectivity index (χ4v) is 2.89. The molecule has 144 valence electrons. The molecule has 0 spiro atoms. The van der Waals surface area contributed by atoms with Crippen molar-refractivity contribution >= 4 is 11.6 Å². The first-order valence-electron chi connectivity index (χ1n) is 9.56. The van der Waals surface area contributed by atoms with Gasteiger partial charge in [0.15, 0.2) is 0 Å². The number of hydrogen-bond acceptors (Lipinski definition) is 3. The minimum absolute atomic E-state index is 0.193. The summed E-state index contributed by atoms with van der Waals surface area (Å²) in [7, 11) is 0. The molecular weight excluding hydrogens is 350 g/mol. The summed E-state index contributed by atoms with van der Waals surface area (Å²) >= 11 is 0. The molecule has 0 saturated carbocycles. The predicted octanol–water partition coefficient (Wildman–Crippen LogP) is 5.35. The SMILES string of the molecule is CCOc1cccc(C(=O)Nc2ccccc2OCCCc2ccccc2)c1. The van der Waals surface area contributed by atoms with Crippen molar-refractivity contribution in [3.8, 4) is 11.5 Å². The molecule has 0 atom stereocenters. The average molecular weight is 375 g/mol. The van der Waals surface area contributed by atoms with Crippen LogP contribution in [0, 0.1) is 0 Å². The molecule has 0 aliphatic rings. The molecule has 3 rings (SSSR count). The molecule has 3 aromatic rings. The van der Waals surface area contributed by atoms with E-state index in [-0.39, 0.29) is 5.91 Å². The average Bonchev–Trinajstić information content (AvgIpc) is 2.73. The van der Waals surface area contributed by atoms with Gasteiger partial charge in [0.25, 0.3) is 5.91 Å². The number of carbonyl (C=O) groups is 1. The Labute approximate surface area is 166 Å². The molecule has 0 radical (unpaired) electrons. The zero-order valence-corrected chi connectivity index (χ0v) is 16.1. The highest BCUT2D eigenvalue weighted by Gasteiger charge is 2.10. The first-order valence-corrected chi connectivity index (χ1v) is 9.56. The lowest BCUT2D eigenvalue weighted by molar-refractivity contribution is 0.102. The Hall–Kier alpha value is -3.27. The van der Waals surface area contributed by atoms with Gasteiger partial charge in [-0.25, -0.2) is 0 Å². The largest absolute Gasteiger partial charge is 0.494 e. The van der Waals surface area contributed by atoms with Crippen molar-refractivity contribution in [2.24, 2.45) is 0 Å². The topological polar surface area (TPSA) is 47.6 Å². The molecule has 0 aliphatic carbocycles. The van der Waals surface area contributed by atoms with Gasteiger partial charge in [-0.1, -0.05) is 48.5 Å². The van der Waals surface area contributed by atoms with Crippen LogP contribution < -0.4 is 14.8 Å². The summed E-state index contributed by atoms with van der Waals surface area (Å²) in [5, 5.41) is 2.94. The first-order chi connectivity index (χ1) is 13.8. The standard InChI is InChI=1S/C24H25NO3/c1-2-27-21-14-8-13-20(18-21)24(26)25-22-15-6-7-16-23(22)28-17-9-12-19-10-4-3-5-11-19/h3-8,10-11,13-16,18H,2,9,12,17H2,1H3,(H,25,26). The van der Waals surface area contributed by atoms with E-state index in [9.17, 15) is 4.79 Å². The van der Waals surface area contributed by atoms with Gasteiger partial charge >= 0.3 is 0 Å². The maximum Gasteiger partial charge on any atom is 0.255 e. The van der Waals surface area contributed by atoms with E-state index in [0.29, 0.717) is 36.0 Å². The third kappa shape index (κ3) is 5.61. The van der Waals surface area contributed by atoms with Crippen LogP contribution in [0.1, 0.15) is 29.3 Å². The molecule has 1 amide bonds. The van der Waals surface area contributed by atoms with Gasteiger partial charge in [-0.05, 0) is 55.7 Å². The molecule has 4 nitrogen and oxygen atoms in total. The molecule has 0 unspecified atom stereocenters. The van der Waals surface area contributed by atoms with Crippen LogP contribution in [0.3, 0.4) is 0 Å². The number of nitrogens with one attached hydrogen (secondary N) is 1. The lowest BCUT2D eigenvalue weighted by Gasteiger charge is -2.13. The molecule has 28 heavy (non-hydrogen) atoms. The maximum absolute atomic E-state index is 12.6. The van der Waals surface area contributed by atoms with Gasteiger partial charge in [0.1, 0.15) is 11.5 Å². The van der Waals surface area contributed by atoms with E-state index >= 15 is 0 Å². The van der Waals surface area contributed by atoms with Gasteiger partial charge in [-0.2, -0.15) is 0 Å². The Bertz CT molecular complexity index is 893. The van der Waals surface area contributed by atoms with Crippen LogP contribution >= 0.6 is 0 Å². The molecule has 0 fully saturated rings. The number of aryl methyl sites for hydroxylation is 1. The highest BCUT2D eigenvalue weighted by atomic mass is 16.5. The quantitative estimate of drug-likeness (QED) is 0.513. The van der Waals surface area contributed by atoms with Crippen molar-refractivity contribution < 1.29 is 14.3 Å². The zero-order chi connectivity index (χ0) is 19.6. The number of carbonyl (C=O) groups excluding carboxylic acids is 1. The van der Waals surface area contributed by atoms with Crippen molar-refractivity contribution in [2.75, 3.05) is 18.5 Å². The molecular formula is C24H25NO3. The summed E-state index contributed by atoms with van der Waals surface area (Å²) in [4.78, 5) is 12.6. The van der Waals surface area contributed by atoms with E-state index in [4.69, 9.17) is 9.47 Å². The second-order valence-electron chi connectivity index (χ2n) is 6.35. The van der Waals surface area contributed by atoms with E-state index in [0.717, 1.165) is 12.8 Å². The summed E-state index contributed by atoms with van der Waals surface area (Å²) in [5.74, 6) is 1.16. The Morgan fingerprint density at radius 1 is 0.893 bits per heavy atom. The van der Waals surface area contributed by atoms with Crippen molar-refractivity contribution in [1.29, 1.82) is 0 Å². The predicted molar refractivity (Wildman–Crippen MR) is 112 cm³/mol. The van der Waals surface area contributed by atoms with Crippen LogP contribution in [0.25, 0.3) is 0 Å². The van der Waals surface area contributed by atoms with Crippen LogP contribution in [0.2, 0.25) is 0 Å². The second-order valence-corrected chi connectivity index (χ2v) is 6.35. The lowest BCUT2D eigenvalue weighted by atomic mass is 10.1. The van der Waals surface area contributed by atoms with Gasteiger partial charge < -0.3 is 14.8 Å². The molecule has 0 heterocycles. The minimum atomic E-state index is -0.193. The fourth-order valence-electron chi connectivity index (χ4n) is 2.89. The summed E-state index contributed by atoms with van der Waals surface area (Å²) in [5.41, 5.74) is 2.50. The summed E-state index contributed by atoms with van der Waals surface area (Å²) in [6.07, 6.45) is 1.86. The number of rotatable bonds is 9. The van der Waals surface area contributed by atoms with E-state index in [1.165, 1.54) is 5.56 Å². The van der Waals surface area contributed by atoms with Gasteiger partial charge in [-0.15, -0.1) is 0 Å². The molecule has 1 N–H and O–H groups in total. The minimum Gasteiger partial charge on any atom is -0.494 e. The van der Waals surface area contributed by atoms with E-state index in [1.54, 1.807) is 12.1 Å². The molecule has 3 aromatic carbocycles. The van der Waals surface area contributed by atoms with Crippen molar-refractivity contribution in [3.63, 3.8) is 0 Å². The van der Waals surface area contributed by atoms with Crippen LogP contribution in [-0.4, -0.2) is 19.1 Å². The smallest absolute Gasteiger partial charge is 0.255 e.